The van der Waals surface area contributed by atoms with Crippen molar-refractivity contribution in [2.24, 2.45) is 5.73 Å². The number of benzene rings is 1. The number of nitrogens with two attached hydrogens (primary N) is 1. The first-order valence-electron chi connectivity index (χ1n) is 5.17. The molecule has 20 heavy (non-hydrogen) atoms. The first kappa shape index (κ1) is 14.5. The maximum absolute atomic E-state index is 13.7. The monoisotopic (exact) mass is 360 g/mol. The normalized spacial score (nSPS) is 10.2. The van der Waals surface area contributed by atoms with Gasteiger partial charge in [0.25, 0.3) is 0 Å². The number of carbonyl (C=O) groups excluding carboxylic acids is 1. The van der Waals surface area contributed by atoms with Gasteiger partial charge >= 0.3 is 6.09 Å². The van der Waals surface area contributed by atoms with Gasteiger partial charge in [-0.3, -0.25) is 0 Å². The topological polar surface area (TPSA) is 90.1 Å². The van der Waals surface area contributed by atoms with Gasteiger partial charge in [0.2, 0.25) is 5.28 Å². The average molecular weight is 362 g/mol. The molecule has 1 heterocycles. The number of nitrogens with zero attached hydrogens (tertiary/aromatic N) is 2. The highest BCUT2D eigenvalue weighted by Gasteiger charge is 2.10. The zero-order valence-corrected chi connectivity index (χ0v) is 12.1. The van der Waals surface area contributed by atoms with E-state index in [1.54, 1.807) is 0 Å². The van der Waals surface area contributed by atoms with E-state index in [0.717, 1.165) is 6.07 Å². The van der Waals surface area contributed by atoms with Gasteiger partial charge in [0, 0.05) is 12.3 Å². The summed E-state index contributed by atoms with van der Waals surface area (Å²) in [6, 6.07) is 3.66. The SMILES string of the molecule is NC(=O)Oc1ccc(F)c(Nc2nc(Cl)ncc2Br)c1. The predicted molar refractivity (Wildman–Crippen MR) is 74.6 cm³/mol. The summed E-state index contributed by atoms with van der Waals surface area (Å²) in [5, 5.41) is 2.71. The number of hydrogen-bond acceptors (Lipinski definition) is 5. The minimum atomic E-state index is -0.992. The summed E-state index contributed by atoms with van der Waals surface area (Å²) in [5.74, 6) is -0.207. The Morgan fingerprint density at radius 1 is 1.50 bits per heavy atom. The molecule has 1 amide bonds. The van der Waals surface area contributed by atoms with Crippen LogP contribution in [-0.2, 0) is 0 Å². The van der Waals surface area contributed by atoms with Gasteiger partial charge < -0.3 is 15.8 Å². The van der Waals surface area contributed by atoms with E-state index in [-0.39, 0.29) is 22.5 Å². The standard InChI is InChI=1S/C11H7BrClFN4O2/c12-6-4-16-10(13)18-9(6)17-8-3-5(20-11(15)19)1-2-7(8)14/h1-4H,(H2,15,19)(H,16,17,18). The van der Waals surface area contributed by atoms with Crippen molar-refractivity contribution in [2.75, 3.05) is 5.32 Å². The maximum atomic E-state index is 13.7. The largest absolute Gasteiger partial charge is 0.410 e. The molecule has 0 aliphatic rings. The molecule has 104 valence electrons. The van der Waals surface area contributed by atoms with Crippen molar-refractivity contribution in [1.29, 1.82) is 0 Å². The van der Waals surface area contributed by atoms with Crippen LogP contribution in [0, 0.1) is 5.82 Å². The summed E-state index contributed by atoms with van der Waals surface area (Å²) in [6.45, 7) is 0. The Morgan fingerprint density at radius 2 is 2.25 bits per heavy atom. The molecular formula is C11H7BrClFN4O2. The highest BCUT2D eigenvalue weighted by Crippen LogP contribution is 2.28. The fraction of sp³-hybridized carbons (Fsp3) is 0. The van der Waals surface area contributed by atoms with Crippen molar-refractivity contribution < 1.29 is 13.9 Å². The number of aromatic nitrogens is 2. The quantitative estimate of drug-likeness (QED) is 0.819. The van der Waals surface area contributed by atoms with E-state index in [1.165, 1.54) is 18.3 Å². The predicted octanol–water partition coefficient (Wildman–Crippen LogP) is 3.23. The van der Waals surface area contributed by atoms with Gasteiger partial charge in [-0.15, -0.1) is 0 Å². The summed E-state index contributed by atoms with van der Waals surface area (Å²) in [7, 11) is 0. The number of ether oxygens (including phenoxy) is 1. The molecule has 2 aromatic rings. The molecule has 0 aliphatic carbocycles. The number of primary amides is 1. The van der Waals surface area contributed by atoms with Crippen LogP contribution in [0.1, 0.15) is 0 Å². The van der Waals surface area contributed by atoms with Crippen LogP contribution >= 0.6 is 27.5 Å². The summed E-state index contributed by atoms with van der Waals surface area (Å²) < 4.78 is 18.9. The molecule has 3 N–H and O–H groups in total. The Labute approximate surface area is 126 Å². The van der Waals surface area contributed by atoms with E-state index in [9.17, 15) is 9.18 Å². The second-order valence-corrected chi connectivity index (χ2v) is 4.72. The first-order valence-corrected chi connectivity index (χ1v) is 6.34. The molecule has 0 saturated heterocycles. The summed E-state index contributed by atoms with van der Waals surface area (Å²) >= 11 is 8.86. The van der Waals surface area contributed by atoms with Gasteiger partial charge in [-0.05, 0) is 39.7 Å². The lowest BCUT2D eigenvalue weighted by molar-refractivity contribution is 0.211. The van der Waals surface area contributed by atoms with Crippen LogP contribution in [0.25, 0.3) is 0 Å². The lowest BCUT2D eigenvalue weighted by Gasteiger charge is -2.10. The van der Waals surface area contributed by atoms with Crippen molar-refractivity contribution in [3.63, 3.8) is 0 Å². The molecule has 1 aromatic heterocycles. The summed E-state index contributed by atoms with van der Waals surface area (Å²) in [6.07, 6.45) is 0.424. The van der Waals surface area contributed by atoms with Gasteiger partial charge in [-0.1, -0.05) is 0 Å². The minimum Gasteiger partial charge on any atom is -0.410 e. The Hall–Kier alpha value is -1.93. The second kappa shape index (κ2) is 6.02. The van der Waals surface area contributed by atoms with Gasteiger partial charge in [-0.2, -0.15) is 4.98 Å². The van der Waals surface area contributed by atoms with Crippen molar-refractivity contribution in [1.82, 2.24) is 9.97 Å². The molecule has 0 saturated carbocycles. The lowest BCUT2D eigenvalue weighted by atomic mass is 10.3. The van der Waals surface area contributed by atoms with E-state index < -0.39 is 11.9 Å². The van der Waals surface area contributed by atoms with Gasteiger partial charge in [-0.25, -0.2) is 14.2 Å². The fourth-order valence-corrected chi connectivity index (χ4v) is 1.76. The highest BCUT2D eigenvalue weighted by molar-refractivity contribution is 9.10. The molecule has 0 atom stereocenters. The number of anilines is 2. The Bertz CT molecular complexity index is 671. The molecule has 0 bridgehead atoms. The number of halogens is 3. The van der Waals surface area contributed by atoms with Gasteiger partial charge in [0.05, 0.1) is 10.2 Å². The smallest absolute Gasteiger partial charge is 0.409 e. The van der Waals surface area contributed by atoms with Crippen LogP contribution in [0.2, 0.25) is 5.28 Å². The summed E-state index contributed by atoms with van der Waals surface area (Å²) in [4.78, 5) is 18.3. The second-order valence-electron chi connectivity index (χ2n) is 3.52. The number of rotatable bonds is 3. The van der Waals surface area contributed by atoms with Crippen molar-refractivity contribution in [3.8, 4) is 5.75 Å². The van der Waals surface area contributed by atoms with Crippen molar-refractivity contribution in [3.05, 3.63) is 40.0 Å². The maximum Gasteiger partial charge on any atom is 0.409 e. The van der Waals surface area contributed by atoms with Crippen LogP contribution in [0.15, 0.2) is 28.9 Å². The Morgan fingerprint density at radius 3 is 2.95 bits per heavy atom. The zero-order valence-electron chi connectivity index (χ0n) is 9.73. The highest BCUT2D eigenvalue weighted by atomic mass is 79.9. The molecule has 0 aliphatic heterocycles. The Kier molecular flexibility index (Phi) is 4.35. The molecule has 0 spiro atoms. The summed E-state index contributed by atoms with van der Waals surface area (Å²) in [5.41, 5.74) is 4.93. The molecule has 0 fully saturated rings. The molecule has 0 radical (unpaired) electrons. The van der Waals surface area contributed by atoms with Gasteiger partial charge in [0.15, 0.2) is 0 Å². The Balaban J connectivity index is 2.32. The molecular weight excluding hydrogens is 355 g/mol. The fourth-order valence-electron chi connectivity index (χ4n) is 1.34. The zero-order chi connectivity index (χ0) is 14.7. The lowest BCUT2D eigenvalue weighted by Crippen LogP contribution is -2.16. The molecule has 2 rings (SSSR count). The van der Waals surface area contributed by atoms with Crippen LogP contribution < -0.4 is 15.8 Å². The molecule has 1 aromatic carbocycles. The van der Waals surface area contributed by atoms with Gasteiger partial charge in [0.1, 0.15) is 17.4 Å². The van der Waals surface area contributed by atoms with E-state index >= 15 is 0 Å². The number of nitrogens with one attached hydrogen (secondary N) is 1. The van der Waals surface area contributed by atoms with Crippen LogP contribution in [0.3, 0.4) is 0 Å². The van der Waals surface area contributed by atoms with Crippen LogP contribution in [-0.4, -0.2) is 16.1 Å². The van der Waals surface area contributed by atoms with E-state index in [4.69, 9.17) is 17.3 Å². The van der Waals surface area contributed by atoms with Crippen LogP contribution in [0.4, 0.5) is 20.7 Å². The number of amides is 1. The first-order chi connectivity index (χ1) is 9.45. The average Bonchev–Trinajstić information content (AvgIpc) is 2.37. The molecule has 9 heteroatoms. The third-order valence-electron chi connectivity index (χ3n) is 2.12. The number of hydrogen-bond donors (Lipinski definition) is 2. The van der Waals surface area contributed by atoms with Crippen LogP contribution in [0.5, 0.6) is 5.75 Å². The molecule has 6 nitrogen and oxygen atoms in total. The van der Waals surface area contributed by atoms with E-state index in [1.807, 2.05) is 0 Å². The van der Waals surface area contributed by atoms with E-state index in [0.29, 0.717) is 4.47 Å². The number of carbonyl (C=O) groups is 1. The third-order valence-corrected chi connectivity index (χ3v) is 2.89. The minimum absolute atomic E-state index is 0.000601. The van der Waals surface area contributed by atoms with Crippen molar-refractivity contribution in [2.45, 2.75) is 0 Å². The third kappa shape index (κ3) is 3.55. The molecule has 0 unspecified atom stereocenters. The van der Waals surface area contributed by atoms with Crippen molar-refractivity contribution >= 4 is 45.1 Å². The van der Waals surface area contributed by atoms with E-state index in [2.05, 4.69) is 36.0 Å².